The minimum Gasteiger partial charge on any atom is -0.313 e. The molecular formula is C7H11BrN2O2. The summed E-state index contributed by atoms with van der Waals surface area (Å²) in [4.78, 5) is 25.5. The van der Waals surface area contributed by atoms with Crippen LogP contribution in [-0.2, 0) is 4.79 Å². The number of nitrogens with zero attached hydrogens (tertiary/aromatic N) is 2. The number of hydrogen-bond donors (Lipinski definition) is 0. The molecular weight excluding hydrogens is 224 g/mol. The normalized spacial score (nSPS) is 22.3. The fraction of sp³-hybridized carbons (Fsp3) is 0.714. The summed E-state index contributed by atoms with van der Waals surface area (Å²) in [5.41, 5.74) is -0.441. The number of carbonyl (C=O) groups excluding carboxylic acids is 2. The molecule has 0 radical (unpaired) electrons. The van der Waals surface area contributed by atoms with E-state index in [1.54, 1.807) is 20.9 Å². The highest BCUT2D eigenvalue weighted by atomic mass is 79.9. The molecule has 0 unspecified atom stereocenters. The van der Waals surface area contributed by atoms with Gasteiger partial charge in [0, 0.05) is 7.05 Å². The van der Waals surface area contributed by atoms with Crippen molar-refractivity contribution in [3.8, 4) is 0 Å². The Kier molecular flexibility index (Phi) is 2.16. The quantitative estimate of drug-likeness (QED) is 0.386. The SMILES string of the molecule is CN1C(=O)N(CBr)C(=O)C1(C)C. The first-order valence-electron chi connectivity index (χ1n) is 3.58. The summed E-state index contributed by atoms with van der Waals surface area (Å²) in [5.74, 6) is -0.160. The minimum atomic E-state index is -0.704. The van der Waals surface area contributed by atoms with Crippen LogP contribution in [0.3, 0.4) is 0 Å². The molecule has 3 amide bonds. The molecule has 1 aliphatic heterocycles. The van der Waals surface area contributed by atoms with Crippen LogP contribution in [0, 0.1) is 0 Å². The molecule has 0 atom stereocenters. The van der Waals surface area contributed by atoms with Crippen LogP contribution in [0.2, 0.25) is 0 Å². The van der Waals surface area contributed by atoms with Crippen molar-refractivity contribution in [3.05, 3.63) is 0 Å². The predicted molar refractivity (Wildman–Crippen MR) is 47.9 cm³/mol. The maximum Gasteiger partial charge on any atom is 0.328 e. The summed E-state index contributed by atoms with van der Waals surface area (Å²) < 4.78 is 0. The standard InChI is InChI=1S/C7H11BrN2O2/c1-7(2)5(11)10(4-8)6(12)9(7)3/h4H2,1-3H3. The molecule has 0 N–H and O–H groups in total. The van der Waals surface area contributed by atoms with Crippen molar-refractivity contribution in [1.82, 2.24) is 9.80 Å². The Morgan fingerprint density at radius 2 is 1.92 bits per heavy atom. The van der Waals surface area contributed by atoms with Crippen LogP contribution >= 0.6 is 15.9 Å². The van der Waals surface area contributed by atoms with E-state index in [0.717, 1.165) is 0 Å². The van der Waals surface area contributed by atoms with Crippen LogP contribution in [0.15, 0.2) is 0 Å². The fourth-order valence-corrected chi connectivity index (χ4v) is 1.53. The number of alkyl halides is 1. The Morgan fingerprint density at radius 3 is 2.08 bits per heavy atom. The Bertz CT molecular complexity index is 240. The van der Waals surface area contributed by atoms with E-state index in [1.165, 1.54) is 9.80 Å². The van der Waals surface area contributed by atoms with Crippen LogP contribution in [0.4, 0.5) is 4.79 Å². The van der Waals surface area contributed by atoms with Gasteiger partial charge in [-0.05, 0) is 13.8 Å². The van der Waals surface area contributed by atoms with Crippen LogP contribution in [0.5, 0.6) is 0 Å². The first-order valence-corrected chi connectivity index (χ1v) is 4.70. The number of rotatable bonds is 1. The molecule has 0 spiro atoms. The van der Waals surface area contributed by atoms with Gasteiger partial charge in [-0.1, -0.05) is 15.9 Å². The largest absolute Gasteiger partial charge is 0.328 e. The number of likely N-dealkylation sites (N-methyl/N-ethyl adjacent to an activating group) is 1. The van der Waals surface area contributed by atoms with Gasteiger partial charge in [-0.3, -0.25) is 9.69 Å². The summed E-state index contributed by atoms with van der Waals surface area (Å²) in [6.45, 7) is 3.46. The monoisotopic (exact) mass is 234 g/mol. The summed E-state index contributed by atoms with van der Waals surface area (Å²) in [6.07, 6.45) is 0. The van der Waals surface area contributed by atoms with Crippen molar-refractivity contribution >= 4 is 27.9 Å². The molecule has 0 aromatic carbocycles. The Morgan fingerprint density at radius 1 is 1.42 bits per heavy atom. The molecule has 1 rings (SSSR count). The van der Waals surface area contributed by atoms with Gasteiger partial charge in [0.05, 0.1) is 5.45 Å². The molecule has 68 valence electrons. The topological polar surface area (TPSA) is 40.6 Å². The summed E-state index contributed by atoms with van der Waals surface area (Å²) >= 11 is 3.09. The highest BCUT2D eigenvalue weighted by Crippen LogP contribution is 2.25. The molecule has 1 fully saturated rings. The van der Waals surface area contributed by atoms with Crippen molar-refractivity contribution < 1.29 is 9.59 Å². The van der Waals surface area contributed by atoms with Gasteiger partial charge in [-0.2, -0.15) is 0 Å². The number of imide groups is 1. The van der Waals surface area contributed by atoms with Crippen LogP contribution in [-0.4, -0.2) is 39.8 Å². The van der Waals surface area contributed by atoms with Crippen molar-refractivity contribution in [3.63, 3.8) is 0 Å². The average Bonchev–Trinajstić information content (AvgIpc) is 2.15. The zero-order chi connectivity index (χ0) is 9.52. The molecule has 5 heteroatoms. The number of amides is 3. The molecule has 0 saturated carbocycles. The second-order valence-corrected chi connectivity index (χ2v) is 3.75. The second-order valence-electron chi connectivity index (χ2n) is 3.25. The molecule has 12 heavy (non-hydrogen) atoms. The van der Waals surface area contributed by atoms with Gasteiger partial charge < -0.3 is 4.90 Å². The predicted octanol–water partition coefficient (Wildman–Crippen LogP) is 1.01. The lowest BCUT2D eigenvalue weighted by molar-refractivity contribution is -0.130. The first-order chi connectivity index (χ1) is 5.42. The van der Waals surface area contributed by atoms with Gasteiger partial charge in [-0.25, -0.2) is 4.79 Å². The highest BCUT2D eigenvalue weighted by Gasteiger charge is 2.48. The van der Waals surface area contributed by atoms with Gasteiger partial charge >= 0.3 is 6.03 Å². The number of hydrogen-bond acceptors (Lipinski definition) is 2. The molecule has 1 saturated heterocycles. The van der Waals surface area contributed by atoms with Crippen LogP contribution in [0.25, 0.3) is 0 Å². The third-order valence-corrected chi connectivity index (χ3v) is 2.75. The van der Waals surface area contributed by atoms with E-state index in [0.29, 0.717) is 0 Å². The summed E-state index contributed by atoms with van der Waals surface area (Å²) in [6, 6.07) is -0.248. The van der Waals surface area contributed by atoms with E-state index in [1.807, 2.05) is 0 Å². The van der Waals surface area contributed by atoms with Gasteiger partial charge in [-0.15, -0.1) is 0 Å². The minimum absolute atomic E-state index is 0.160. The van der Waals surface area contributed by atoms with Crippen molar-refractivity contribution in [2.45, 2.75) is 19.4 Å². The van der Waals surface area contributed by atoms with Gasteiger partial charge in [0.2, 0.25) is 0 Å². The maximum atomic E-state index is 11.5. The number of urea groups is 1. The van der Waals surface area contributed by atoms with Crippen molar-refractivity contribution in [2.75, 3.05) is 12.5 Å². The molecule has 1 heterocycles. The first kappa shape index (κ1) is 9.51. The summed E-state index contributed by atoms with van der Waals surface area (Å²) in [7, 11) is 1.63. The molecule has 0 aromatic heterocycles. The van der Waals surface area contributed by atoms with Gasteiger partial charge in [0.15, 0.2) is 0 Å². The van der Waals surface area contributed by atoms with Gasteiger partial charge in [0.1, 0.15) is 5.54 Å². The lowest BCUT2D eigenvalue weighted by Crippen LogP contribution is -2.41. The second kappa shape index (κ2) is 2.73. The van der Waals surface area contributed by atoms with Gasteiger partial charge in [0.25, 0.3) is 5.91 Å². The van der Waals surface area contributed by atoms with Crippen molar-refractivity contribution in [2.24, 2.45) is 0 Å². The molecule has 0 aliphatic carbocycles. The van der Waals surface area contributed by atoms with Crippen molar-refractivity contribution in [1.29, 1.82) is 0 Å². The third kappa shape index (κ3) is 1.03. The molecule has 0 bridgehead atoms. The Labute approximate surface area is 79.6 Å². The maximum absolute atomic E-state index is 11.5. The van der Waals surface area contributed by atoms with E-state index < -0.39 is 5.54 Å². The number of halogens is 1. The zero-order valence-electron chi connectivity index (χ0n) is 7.30. The van der Waals surface area contributed by atoms with E-state index >= 15 is 0 Å². The highest BCUT2D eigenvalue weighted by molar-refractivity contribution is 9.09. The van der Waals surface area contributed by atoms with Crippen LogP contribution in [0.1, 0.15) is 13.8 Å². The summed E-state index contributed by atoms with van der Waals surface area (Å²) in [5, 5.41) is 0. The zero-order valence-corrected chi connectivity index (χ0v) is 8.88. The average molecular weight is 235 g/mol. The smallest absolute Gasteiger partial charge is 0.313 e. The number of carbonyl (C=O) groups is 2. The Hall–Kier alpha value is -0.580. The third-order valence-electron chi connectivity index (χ3n) is 2.24. The van der Waals surface area contributed by atoms with E-state index in [4.69, 9.17) is 0 Å². The molecule has 0 aromatic rings. The Balaban J connectivity index is 3.02. The van der Waals surface area contributed by atoms with E-state index in [-0.39, 0.29) is 17.4 Å². The van der Waals surface area contributed by atoms with Crippen LogP contribution < -0.4 is 0 Å². The fourth-order valence-electron chi connectivity index (χ4n) is 1.09. The lowest BCUT2D eigenvalue weighted by atomic mass is 10.1. The lowest BCUT2D eigenvalue weighted by Gasteiger charge is -2.22. The molecule has 1 aliphatic rings. The van der Waals surface area contributed by atoms with E-state index in [9.17, 15) is 9.59 Å². The molecule has 4 nitrogen and oxygen atoms in total. The van der Waals surface area contributed by atoms with E-state index in [2.05, 4.69) is 15.9 Å².